The molecule has 1 aromatic heterocycles. The van der Waals surface area contributed by atoms with E-state index in [0.29, 0.717) is 10.5 Å². The predicted molar refractivity (Wildman–Crippen MR) is 87.0 cm³/mol. The fraction of sp³-hybridized carbons (Fsp3) is 0.143. The number of aromatic nitrogens is 2. The molecule has 1 aliphatic rings. The van der Waals surface area contributed by atoms with Crippen LogP contribution in [-0.2, 0) is 14.1 Å². The molecule has 1 aliphatic heterocycles. The molecule has 0 saturated heterocycles. The SMILES string of the molecule is Cn1c(O)c(/C=C2\C=Nc3ccc(Br)cc32)n(C)c1=S. The number of aromatic hydroxyl groups is 1. The van der Waals surface area contributed by atoms with Gasteiger partial charge < -0.3 is 9.67 Å². The molecule has 0 fully saturated rings. The Hall–Kier alpha value is -1.66. The number of nitrogens with zero attached hydrogens (tertiary/aromatic N) is 3. The molecule has 1 N–H and O–H groups in total. The van der Waals surface area contributed by atoms with E-state index in [1.54, 1.807) is 22.4 Å². The summed E-state index contributed by atoms with van der Waals surface area (Å²) < 4.78 is 4.92. The quantitative estimate of drug-likeness (QED) is 0.795. The Morgan fingerprint density at radius 1 is 1.30 bits per heavy atom. The molecule has 2 aromatic rings. The lowest BCUT2D eigenvalue weighted by molar-refractivity contribution is 0.430. The van der Waals surface area contributed by atoms with Crippen LogP contribution in [0.15, 0.2) is 27.7 Å². The maximum atomic E-state index is 10.1. The lowest BCUT2D eigenvalue weighted by Crippen LogP contribution is -1.92. The Balaban J connectivity index is 2.18. The summed E-state index contributed by atoms with van der Waals surface area (Å²) in [7, 11) is 3.58. The molecule has 0 bridgehead atoms. The molecule has 0 atom stereocenters. The number of benzene rings is 1. The molecule has 20 heavy (non-hydrogen) atoms. The summed E-state index contributed by atoms with van der Waals surface area (Å²) in [4.78, 5) is 4.37. The van der Waals surface area contributed by atoms with Crippen molar-refractivity contribution in [3.8, 4) is 5.88 Å². The van der Waals surface area contributed by atoms with Crippen LogP contribution in [0.2, 0.25) is 0 Å². The highest BCUT2D eigenvalue weighted by Crippen LogP contribution is 2.35. The number of imidazole rings is 1. The summed E-state index contributed by atoms with van der Waals surface area (Å²) in [6, 6.07) is 5.93. The van der Waals surface area contributed by atoms with E-state index in [0.717, 1.165) is 21.3 Å². The molecule has 0 radical (unpaired) electrons. The van der Waals surface area contributed by atoms with Crippen molar-refractivity contribution in [3.05, 3.63) is 38.7 Å². The zero-order valence-electron chi connectivity index (χ0n) is 11.0. The summed E-state index contributed by atoms with van der Waals surface area (Å²) in [5, 5.41) is 10.1. The average molecular weight is 350 g/mol. The van der Waals surface area contributed by atoms with E-state index in [2.05, 4.69) is 20.9 Å². The smallest absolute Gasteiger partial charge is 0.217 e. The number of aliphatic imine (C=N–C) groups is 1. The highest BCUT2D eigenvalue weighted by atomic mass is 79.9. The summed E-state index contributed by atoms with van der Waals surface area (Å²) in [6.45, 7) is 0. The van der Waals surface area contributed by atoms with Gasteiger partial charge in [0.05, 0.1) is 5.69 Å². The van der Waals surface area contributed by atoms with Crippen molar-refractivity contribution in [1.29, 1.82) is 0 Å². The summed E-state index contributed by atoms with van der Waals surface area (Å²) in [6.07, 6.45) is 3.69. The molecule has 1 aromatic carbocycles. The first-order valence-corrected chi connectivity index (χ1v) is 7.19. The third kappa shape index (κ3) is 1.96. The zero-order chi connectivity index (χ0) is 14.4. The number of allylic oxidation sites excluding steroid dienone is 1. The van der Waals surface area contributed by atoms with E-state index in [9.17, 15) is 5.11 Å². The topological polar surface area (TPSA) is 42.4 Å². The van der Waals surface area contributed by atoms with Crippen LogP contribution in [0.5, 0.6) is 5.88 Å². The molecule has 6 heteroatoms. The van der Waals surface area contributed by atoms with E-state index >= 15 is 0 Å². The van der Waals surface area contributed by atoms with E-state index < -0.39 is 0 Å². The van der Waals surface area contributed by atoms with Crippen molar-refractivity contribution < 1.29 is 5.11 Å². The second-order valence-electron chi connectivity index (χ2n) is 4.63. The molecule has 2 heterocycles. The molecule has 3 rings (SSSR count). The van der Waals surface area contributed by atoms with Crippen LogP contribution in [0.3, 0.4) is 0 Å². The minimum absolute atomic E-state index is 0.154. The van der Waals surface area contributed by atoms with Crippen molar-refractivity contribution in [2.75, 3.05) is 0 Å². The van der Waals surface area contributed by atoms with E-state index in [4.69, 9.17) is 12.2 Å². The summed E-state index contributed by atoms with van der Waals surface area (Å²) >= 11 is 8.70. The Bertz CT molecular complexity index is 830. The Morgan fingerprint density at radius 3 is 2.70 bits per heavy atom. The van der Waals surface area contributed by atoms with Gasteiger partial charge in [0.2, 0.25) is 5.88 Å². The number of hydrogen-bond acceptors (Lipinski definition) is 3. The number of halogens is 1. The molecule has 0 saturated carbocycles. The Kier molecular flexibility index (Phi) is 3.14. The van der Waals surface area contributed by atoms with Gasteiger partial charge in [-0.3, -0.25) is 9.56 Å². The first-order chi connectivity index (χ1) is 9.49. The van der Waals surface area contributed by atoms with Crippen molar-refractivity contribution in [3.63, 3.8) is 0 Å². The van der Waals surface area contributed by atoms with Crippen molar-refractivity contribution in [2.24, 2.45) is 19.1 Å². The van der Waals surface area contributed by atoms with E-state index in [-0.39, 0.29) is 5.88 Å². The predicted octanol–water partition coefficient (Wildman–Crippen LogP) is 3.82. The third-order valence-electron chi connectivity index (χ3n) is 3.39. The molecule has 0 amide bonds. The zero-order valence-corrected chi connectivity index (χ0v) is 13.4. The second kappa shape index (κ2) is 4.71. The van der Waals surface area contributed by atoms with Gasteiger partial charge in [0.15, 0.2) is 4.77 Å². The maximum absolute atomic E-state index is 10.1. The monoisotopic (exact) mass is 349 g/mol. The van der Waals surface area contributed by atoms with Crippen LogP contribution in [0.25, 0.3) is 11.6 Å². The fourth-order valence-electron chi connectivity index (χ4n) is 2.22. The van der Waals surface area contributed by atoms with Gasteiger partial charge in [-0.2, -0.15) is 0 Å². The first kappa shape index (κ1) is 13.3. The van der Waals surface area contributed by atoms with Crippen LogP contribution in [0, 0.1) is 4.77 Å². The molecule has 4 nitrogen and oxygen atoms in total. The number of rotatable bonds is 1. The first-order valence-electron chi connectivity index (χ1n) is 5.99. The average Bonchev–Trinajstić information content (AvgIpc) is 2.90. The standard InChI is InChI=1S/C14H12BrN3OS/c1-17-12(13(19)18(2)14(17)20)5-8-7-16-11-4-3-9(15)6-10(8)11/h3-7,19H,1-2H3/b8-5+. The van der Waals surface area contributed by atoms with Crippen molar-refractivity contribution in [2.45, 2.75) is 0 Å². The second-order valence-corrected chi connectivity index (χ2v) is 5.91. The number of hydrogen-bond donors (Lipinski definition) is 1. The van der Waals surface area contributed by atoms with E-state index in [1.165, 1.54) is 0 Å². The largest absolute Gasteiger partial charge is 0.493 e. The highest BCUT2D eigenvalue weighted by molar-refractivity contribution is 9.10. The maximum Gasteiger partial charge on any atom is 0.217 e. The van der Waals surface area contributed by atoms with Gasteiger partial charge in [0, 0.05) is 35.9 Å². The molecule has 102 valence electrons. The lowest BCUT2D eigenvalue weighted by atomic mass is 10.1. The van der Waals surface area contributed by atoms with Crippen LogP contribution in [0.1, 0.15) is 11.3 Å². The lowest BCUT2D eigenvalue weighted by Gasteiger charge is -2.02. The van der Waals surface area contributed by atoms with Gasteiger partial charge in [-0.1, -0.05) is 15.9 Å². The van der Waals surface area contributed by atoms with Crippen molar-refractivity contribution >= 4 is 51.7 Å². The molecule has 0 spiro atoms. The van der Waals surface area contributed by atoms with Gasteiger partial charge in [-0.05, 0) is 36.5 Å². The number of fused-ring (bicyclic) bond motifs is 1. The minimum Gasteiger partial charge on any atom is -0.493 e. The van der Waals surface area contributed by atoms with Crippen molar-refractivity contribution in [1.82, 2.24) is 9.13 Å². The van der Waals surface area contributed by atoms with Gasteiger partial charge >= 0.3 is 0 Å². The molecular formula is C14H12BrN3OS. The normalized spacial score (nSPS) is 15.1. The van der Waals surface area contributed by atoms with Gasteiger partial charge in [-0.25, -0.2) is 0 Å². The third-order valence-corrected chi connectivity index (χ3v) is 4.43. The minimum atomic E-state index is 0.154. The molecule has 0 unspecified atom stereocenters. The van der Waals surface area contributed by atoms with Crippen LogP contribution in [-0.4, -0.2) is 20.5 Å². The fourth-order valence-corrected chi connectivity index (χ4v) is 2.77. The summed E-state index contributed by atoms with van der Waals surface area (Å²) in [5.41, 5.74) is 3.59. The highest BCUT2D eigenvalue weighted by Gasteiger charge is 2.16. The van der Waals surface area contributed by atoms with Crippen LogP contribution in [0.4, 0.5) is 5.69 Å². The molecule has 0 aliphatic carbocycles. The van der Waals surface area contributed by atoms with Gasteiger partial charge in [0.25, 0.3) is 0 Å². The Morgan fingerprint density at radius 2 is 2.05 bits per heavy atom. The van der Waals surface area contributed by atoms with Gasteiger partial charge in [-0.15, -0.1) is 0 Å². The molecular weight excluding hydrogens is 338 g/mol. The Labute approximate surface area is 129 Å². The van der Waals surface area contributed by atoms with Crippen LogP contribution >= 0.6 is 28.1 Å². The van der Waals surface area contributed by atoms with Crippen LogP contribution < -0.4 is 0 Å². The van der Waals surface area contributed by atoms with Gasteiger partial charge in [0.1, 0.15) is 5.69 Å². The summed E-state index contributed by atoms with van der Waals surface area (Å²) in [5.74, 6) is 0.154. The van der Waals surface area contributed by atoms with E-state index in [1.807, 2.05) is 31.3 Å².